The second-order valence-corrected chi connectivity index (χ2v) is 17.8. The highest BCUT2D eigenvalue weighted by Gasteiger charge is 2.25. The zero-order valence-electron chi connectivity index (χ0n) is 35.4. The Balaban J connectivity index is 1.24. The molecule has 0 aliphatic rings. The molecule has 8 rings (SSSR count). The maximum absolute atomic E-state index is 2.45. The summed E-state index contributed by atoms with van der Waals surface area (Å²) in [6.07, 6.45) is 1.05. The van der Waals surface area contributed by atoms with Crippen LogP contribution in [0.4, 0.5) is 28.4 Å². The fourth-order valence-corrected chi connectivity index (χ4v) is 9.29. The number of hydrogen-bond donors (Lipinski definition) is 0. The van der Waals surface area contributed by atoms with Gasteiger partial charge in [-0.2, -0.15) is 0 Å². The van der Waals surface area contributed by atoms with Crippen LogP contribution >= 0.6 is 11.3 Å². The van der Waals surface area contributed by atoms with Crippen molar-refractivity contribution in [3.8, 4) is 43.1 Å². The van der Waals surface area contributed by atoms with Gasteiger partial charge in [-0.3, -0.25) is 0 Å². The highest BCUT2D eigenvalue weighted by Crippen LogP contribution is 2.52. The van der Waals surface area contributed by atoms with Gasteiger partial charge in [0.15, 0.2) is 0 Å². The van der Waals surface area contributed by atoms with Crippen molar-refractivity contribution in [2.45, 2.75) is 66.3 Å². The van der Waals surface area contributed by atoms with E-state index in [9.17, 15) is 0 Å². The van der Waals surface area contributed by atoms with Crippen LogP contribution in [0.25, 0.3) is 43.1 Å². The lowest BCUT2D eigenvalue weighted by atomic mass is 9.86. The van der Waals surface area contributed by atoms with E-state index in [0.717, 1.165) is 23.5 Å². The highest BCUT2D eigenvalue weighted by molar-refractivity contribution is 7.20. The number of benzene rings is 7. The van der Waals surface area contributed by atoms with E-state index in [2.05, 4.69) is 240 Å². The Morgan fingerprint density at radius 1 is 0.441 bits per heavy atom. The molecule has 1 heterocycles. The SMILES string of the molecule is CCC(C)N(c1ccc(C)cc1)c1ccc(N(c2ccc(C)cc2)c2ccc(-c3sc(-c4ccc(C(C)(C)C)cc4)c(-c4ccccc4)c3-c3ccccc3)cc2)cc1. The van der Waals surface area contributed by atoms with Gasteiger partial charge < -0.3 is 9.80 Å². The van der Waals surface area contributed by atoms with Crippen molar-refractivity contribution < 1.29 is 0 Å². The lowest BCUT2D eigenvalue weighted by molar-refractivity contribution is 0.590. The molecular formula is C56H54N2S. The maximum Gasteiger partial charge on any atom is 0.0463 e. The lowest BCUT2D eigenvalue weighted by Crippen LogP contribution is -2.27. The summed E-state index contributed by atoms with van der Waals surface area (Å²) < 4.78 is 0. The Labute approximate surface area is 356 Å². The highest BCUT2D eigenvalue weighted by atomic mass is 32.1. The van der Waals surface area contributed by atoms with Crippen molar-refractivity contribution in [3.05, 3.63) is 199 Å². The molecule has 1 unspecified atom stereocenters. The molecule has 0 aliphatic heterocycles. The summed E-state index contributed by atoms with van der Waals surface area (Å²) in [6, 6.07) is 67.4. The first kappa shape index (κ1) is 39.7. The van der Waals surface area contributed by atoms with Gasteiger partial charge in [0.05, 0.1) is 0 Å². The van der Waals surface area contributed by atoms with Crippen LogP contribution in [0.2, 0.25) is 0 Å². The molecule has 0 radical (unpaired) electrons. The molecule has 1 aromatic heterocycles. The minimum atomic E-state index is 0.0856. The maximum atomic E-state index is 2.45. The van der Waals surface area contributed by atoms with E-state index in [4.69, 9.17) is 0 Å². The van der Waals surface area contributed by atoms with Crippen molar-refractivity contribution >= 4 is 39.8 Å². The average molecular weight is 787 g/mol. The first-order valence-electron chi connectivity index (χ1n) is 20.9. The van der Waals surface area contributed by atoms with Crippen molar-refractivity contribution in [2.24, 2.45) is 0 Å². The third-order valence-corrected chi connectivity index (χ3v) is 12.7. The van der Waals surface area contributed by atoms with Crippen molar-refractivity contribution in [3.63, 3.8) is 0 Å². The number of nitrogens with zero attached hydrogens (tertiary/aromatic N) is 2. The summed E-state index contributed by atoms with van der Waals surface area (Å²) in [4.78, 5) is 7.38. The third-order valence-electron chi connectivity index (χ3n) is 11.5. The van der Waals surface area contributed by atoms with Crippen LogP contribution in [-0.2, 0) is 5.41 Å². The molecular weight excluding hydrogens is 733 g/mol. The number of anilines is 5. The van der Waals surface area contributed by atoms with E-state index in [0.29, 0.717) is 6.04 Å². The molecule has 0 aliphatic carbocycles. The predicted octanol–water partition coefficient (Wildman–Crippen LogP) is 16.7. The van der Waals surface area contributed by atoms with Gasteiger partial charge >= 0.3 is 0 Å². The molecule has 2 nitrogen and oxygen atoms in total. The van der Waals surface area contributed by atoms with Crippen LogP contribution < -0.4 is 9.80 Å². The minimum absolute atomic E-state index is 0.0856. The second kappa shape index (κ2) is 17.0. The third kappa shape index (κ3) is 8.40. The van der Waals surface area contributed by atoms with E-state index in [1.807, 2.05) is 11.3 Å². The molecule has 0 amide bonds. The molecule has 1 atom stereocenters. The van der Waals surface area contributed by atoms with Gasteiger partial charge in [-0.1, -0.05) is 160 Å². The van der Waals surface area contributed by atoms with Gasteiger partial charge in [-0.25, -0.2) is 0 Å². The van der Waals surface area contributed by atoms with Gasteiger partial charge in [0.2, 0.25) is 0 Å². The van der Waals surface area contributed by atoms with E-state index in [1.165, 1.54) is 71.2 Å². The fourth-order valence-electron chi connectivity index (χ4n) is 7.93. The van der Waals surface area contributed by atoms with Crippen LogP contribution in [0.5, 0.6) is 0 Å². The van der Waals surface area contributed by atoms with Gasteiger partial charge in [0.25, 0.3) is 0 Å². The van der Waals surface area contributed by atoms with E-state index in [1.54, 1.807) is 0 Å². The molecule has 3 heteroatoms. The molecule has 0 N–H and O–H groups in total. The summed E-state index contributed by atoms with van der Waals surface area (Å²) in [7, 11) is 0. The topological polar surface area (TPSA) is 6.48 Å². The Kier molecular flexibility index (Phi) is 11.4. The molecule has 294 valence electrons. The molecule has 7 aromatic carbocycles. The van der Waals surface area contributed by atoms with Crippen LogP contribution in [0.3, 0.4) is 0 Å². The van der Waals surface area contributed by atoms with Crippen molar-refractivity contribution in [1.29, 1.82) is 0 Å². The summed E-state index contributed by atoms with van der Waals surface area (Å²) in [5, 5.41) is 0. The van der Waals surface area contributed by atoms with Crippen molar-refractivity contribution in [1.82, 2.24) is 0 Å². The average Bonchev–Trinajstić information content (AvgIpc) is 3.67. The van der Waals surface area contributed by atoms with E-state index in [-0.39, 0.29) is 5.41 Å². The first-order valence-corrected chi connectivity index (χ1v) is 21.7. The molecule has 0 spiro atoms. The van der Waals surface area contributed by atoms with E-state index >= 15 is 0 Å². The Morgan fingerprint density at radius 2 is 0.797 bits per heavy atom. The normalized spacial score (nSPS) is 12.0. The zero-order valence-corrected chi connectivity index (χ0v) is 36.2. The molecule has 0 saturated heterocycles. The lowest BCUT2D eigenvalue weighted by Gasteiger charge is -2.32. The quantitative estimate of drug-likeness (QED) is 0.129. The summed E-state index contributed by atoms with van der Waals surface area (Å²) in [6.45, 7) is 15.7. The first-order chi connectivity index (χ1) is 28.6. The summed E-state index contributed by atoms with van der Waals surface area (Å²) in [5.74, 6) is 0. The number of hydrogen-bond acceptors (Lipinski definition) is 3. The molecule has 0 fully saturated rings. The van der Waals surface area contributed by atoms with Gasteiger partial charge in [0, 0.05) is 55.4 Å². The van der Waals surface area contributed by atoms with Gasteiger partial charge in [-0.05, 0) is 121 Å². The second-order valence-electron chi connectivity index (χ2n) is 16.8. The smallest absolute Gasteiger partial charge is 0.0463 e. The number of aryl methyl sites for hydroxylation is 2. The minimum Gasteiger partial charge on any atom is -0.339 e. The monoisotopic (exact) mass is 786 g/mol. The molecule has 59 heavy (non-hydrogen) atoms. The Hall–Kier alpha value is -6.16. The van der Waals surface area contributed by atoms with Crippen LogP contribution in [0.15, 0.2) is 182 Å². The van der Waals surface area contributed by atoms with Crippen LogP contribution in [-0.4, -0.2) is 6.04 Å². The number of thiophene rings is 1. The Bertz CT molecular complexity index is 2600. The predicted molar refractivity (Wildman–Crippen MR) is 257 cm³/mol. The van der Waals surface area contributed by atoms with Gasteiger partial charge in [-0.15, -0.1) is 11.3 Å². The van der Waals surface area contributed by atoms with E-state index < -0.39 is 0 Å². The molecule has 8 aromatic rings. The largest absolute Gasteiger partial charge is 0.339 e. The van der Waals surface area contributed by atoms with Crippen LogP contribution in [0, 0.1) is 13.8 Å². The summed E-state index contributed by atoms with van der Waals surface area (Å²) in [5.41, 5.74) is 17.1. The van der Waals surface area contributed by atoms with Crippen molar-refractivity contribution in [2.75, 3.05) is 9.80 Å². The fraction of sp³-hybridized carbons (Fsp3) is 0.179. The number of rotatable bonds is 11. The molecule has 0 saturated carbocycles. The van der Waals surface area contributed by atoms with Crippen LogP contribution in [0.1, 0.15) is 57.7 Å². The van der Waals surface area contributed by atoms with Gasteiger partial charge in [0.1, 0.15) is 0 Å². The Morgan fingerprint density at radius 3 is 1.20 bits per heavy atom. The standard InChI is InChI=1S/C56H54N2S/c1-8-41(4)57(47-29-19-39(2)20-30-47)48-35-37-51(38-36-48)58(49-31-21-40(3)22-32-49)50-33-25-45(26-34-50)55-53(43-17-13-10-14-18-43)52(42-15-11-9-12-16-42)54(59-55)44-23-27-46(28-24-44)56(5,6)7/h9-38,41H,8H2,1-7H3. The zero-order chi connectivity index (χ0) is 41.1. The molecule has 0 bridgehead atoms. The summed E-state index contributed by atoms with van der Waals surface area (Å²) >= 11 is 1.89.